The highest BCUT2D eigenvalue weighted by molar-refractivity contribution is 7.26. The van der Waals surface area contributed by atoms with Crippen LogP contribution in [0.1, 0.15) is 22.3 Å². The highest BCUT2D eigenvalue weighted by Gasteiger charge is 2.06. The quantitative estimate of drug-likeness (QED) is 0.181. The lowest BCUT2D eigenvalue weighted by Crippen LogP contribution is -1.80. The second-order valence-electron chi connectivity index (χ2n) is 10.6. The summed E-state index contributed by atoms with van der Waals surface area (Å²) in [5, 5.41) is 5.35. The van der Waals surface area contributed by atoms with Crippen molar-refractivity contribution in [3.05, 3.63) is 156 Å². The van der Waals surface area contributed by atoms with Gasteiger partial charge in [-0.05, 0) is 69.8 Å². The van der Waals surface area contributed by atoms with Gasteiger partial charge in [-0.2, -0.15) is 0 Å². The van der Waals surface area contributed by atoms with Crippen LogP contribution in [0.2, 0.25) is 0 Å². The number of hydrogen-bond donors (Lipinski definition) is 0. The van der Waals surface area contributed by atoms with Gasteiger partial charge in [-0.15, -0.1) is 22.7 Å². The zero-order valence-corrected chi connectivity index (χ0v) is 24.5. The van der Waals surface area contributed by atoms with Crippen LogP contribution in [-0.2, 0) is 0 Å². The van der Waals surface area contributed by atoms with E-state index in [1.54, 1.807) is 0 Å². The minimum Gasteiger partial charge on any atom is -0.135 e. The molecule has 0 nitrogen and oxygen atoms in total. The van der Waals surface area contributed by atoms with E-state index >= 15 is 0 Å². The largest absolute Gasteiger partial charge is 0.135 e. The smallest absolute Gasteiger partial charge is 0.0355 e. The number of benzene rings is 6. The predicted octanol–water partition coefficient (Wildman–Crippen LogP) is 12.4. The Kier molecular flexibility index (Phi) is 6.29. The lowest BCUT2D eigenvalue weighted by Gasteiger charge is -2.04. The summed E-state index contributed by atoms with van der Waals surface area (Å²) in [4.78, 5) is 0. The Morgan fingerprint density at radius 2 is 0.667 bits per heavy atom. The van der Waals surface area contributed by atoms with Crippen LogP contribution < -0.4 is 0 Å². The van der Waals surface area contributed by atoms with Gasteiger partial charge in [0.05, 0.1) is 0 Å². The van der Waals surface area contributed by atoms with Crippen molar-refractivity contribution >= 4 is 87.3 Å². The van der Waals surface area contributed by atoms with Crippen LogP contribution in [0.25, 0.3) is 75.8 Å². The highest BCUT2D eigenvalue weighted by atomic mass is 32.1. The molecule has 2 aromatic heterocycles. The average Bonchev–Trinajstić information content (AvgIpc) is 3.61. The van der Waals surface area contributed by atoms with Gasteiger partial charge in [0.25, 0.3) is 0 Å². The molecule has 0 saturated carbocycles. The summed E-state index contributed by atoms with van der Waals surface area (Å²) in [6.07, 6.45) is 8.81. The summed E-state index contributed by atoms with van der Waals surface area (Å²) < 4.78 is 5.37. The van der Waals surface area contributed by atoms with Gasteiger partial charge >= 0.3 is 0 Å². The monoisotopic (exact) mass is 570 g/mol. The van der Waals surface area contributed by atoms with Gasteiger partial charge in [0.2, 0.25) is 0 Å². The Morgan fingerprint density at radius 3 is 1.12 bits per heavy atom. The van der Waals surface area contributed by atoms with E-state index in [0.717, 1.165) is 0 Å². The van der Waals surface area contributed by atoms with Crippen molar-refractivity contribution < 1.29 is 0 Å². The predicted molar refractivity (Wildman–Crippen MR) is 188 cm³/mol. The van der Waals surface area contributed by atoms with E-state index in [2.05, 4.69) is 158 Å². The van der Waals surface area contributed by atoms with Gasteiger partial charge in [-0.25, -0.2) is 0 Å². The van der Waals surface area contributed by atoms with E-state index in [0.29, 0.717) is 0 Å². The fraction of sp³-hybridized carbons (Fsp3) is 0. The molecule has 0 aliphatic rings. The average molecular weight is 571 g/mol. The van der Waals surface area contributed by atoms with Gasteiger partial charge < -0.3 is 0 Å². The molecular weight excluding hydrogens is 545 g/mol. The van der Waals surface area contributed by atoms with E-state index < -0.39 is 0 Å². The van der Waals surface area contributed by atoms with Crippen LogP contribution in [0.4, 0.5) is 0 Å². The first kappa shape index (κ1) is 25.0. The molecule has 0 unspecified atom stereocenters. The van der Waals surface area contributed by atoms with Crippen molar-refractivity contribution in [2.24, 2.45) is 0 Å². The lowest BCUT2D eigenvalue weighted by molar-refractivity contribution is 1.59. The SMILES string of the molecule is C(=C\c1ccc2sc3ccccc3c2c1)/c1ccc(-c2ccc(/C=C/c3ccc4sc5ccccc5c4c3)cc2)cc1. The van der Waals surface area contributed by atoms with Crippen LogP contribution in [-0.4, -0.2) is 0 Å². The maximum absolute atomic E-state index is 2.30. The zero-order chi connectivity index (χ0) is 27.9. The van der Waals surface area contributed by atoms with Gasteiger partial charge in [-0.1, -0.05) is 121 Å². The Labute approximate surface area is 253 Å². The fourth-order valence-corrected chi connectivity index (χ4v) is 7.83. The molecule has 2 heterocycles. The molecule has 0 amide bonds. The third-order valence-electron chi connectivity index (χ3n) is 7.89. The standard InChI is InChI=1S/C40H26S2/c1-3-7-37-33(5-1)35-25-29(17-23-39(35)41-37)11-9-27-13-19-31(20-14-27)32-21-15-28(16-22-32)10-12-30-18-24-40-36(26-30)34-6-2-4-8-38(34)42-40/h1-26H/b11-9+,12-10+. The molecule has 8 aromatic rings. The highest BCUT2D eigenvalue weighted by Crippen LogP contribution is 2.35. The number of rotatable bonds is 5. The lowest BCUT2D eigenvalue weighted by atomic mass is 10.0. The van der Waals surface area contributed by atoms with Crippen molar-refractivity contribution in [2.45, 2.75) is 0 Å². The molecule has 0 spiro atoms. The van der Waals surface area contributed by atoms with Crippen molar-refractivity contribution in [2.75, 3.05) is 0 Å². The van der Waals surface area contributed by atoms with E-state index in [-0.39, 0.29) is 0 Å². The molecule has 0 bridgehead atoms. The Bertz CT molecular complexity index is 2110. The van der Waals surface area contributed by atoms with Gasteiger partial charge in [0, 0.05) is 40.3 Å². The molecular formula is C40H26S2. The summed E-state index contributed by atoms with van der Waals surface area (Å²) in [5.41, 5.74) is 7.30. The van der Waals surface area contributed by atoms with E-state index in [9.17, 15) is 0 Å². The van der Waals surface area contributed by atoms with Crippen molar-refractivity contribution in [1.29, 1.82) is 0 Å². The van der Waals surface area contributed by atoms with Crippen LogP contribution >= 0.6 is 22.7 Å². The van der Waals surface area contributed by atoms with Crippen molar-refractivity contribution in [3.63, 3.8) is 0 Å². The Morgan fingerprint density at radius 1 is 0.310 bits per heavy atom. The molecule has 0 atom stereocenters. The Balaban J connectivity index is 0.972. The maximum Gasteiger partial charge on any atom is 0.0355 e. The summed E-state index contributed by atoms with van der Waals surface area (Å²) in [5.74, 6) is 0. The van der Waals surface area contributed by atoms with E-state index in [1.165, 1.54) is 73.7 Å². The minimum absolute atomic E-state index is 1.20. The molecule has 198 valence electrons. The zero-order valence-electron chi connectivity index (χ0n) is 22.8. The third-order valence-corrected chi connectivity index (χ3v) is 10.2. The summed E-state index contributed by atoms with van der Waals surface area (Å²) in [6, 6.07) is 48.4. The van der Waals surface area contributed by atoms with Crippen LogP contribution in [0.5, 0.6) is 0 Å². The molecule has 0 aliphatic carbocycles. The first-order chi connectivity index (χ1) is 20.8. The first-order valence-corrected chi connectivity index (χ1v) is 15.8. The number of hydrogen-bond acceptors (Lipinski definition) is 2. The van der Waals surface area contributed by atoms with Gasteiger partial charge in [0.15, 0.2) is 0 Å². The Hall–Kier alpha value is -4.76. The molecule has 0 N–H and O–H groups in total. The molecule has 6 aromatic carbocycles. The van der Waals surface area contributed by atoms with E-state index in [1.807, 2.05) is 22.7 Å². The number of fused-ring (bicyclic) bond motifs is 6. The fourth-order valence-electron chi connectivity index (χ4n) is 5.65. The van der Waals surface area contributed by atoms with Gasteiger partial charge in [-0.3, -0.25) is 0 Å². The molecule has 0 fully saturated rings. The second-order valence-corrected chi connectivity index (χ2v) is 12.8. The molecule has 0 saturated heterocycles. The summed E-state index contributed by atoms with van der Waals surface area (Å²) in [6.45, 7) is 0. The van der Waals surface area contributed by atoms with Crippen molar-refractivity contribution in [3.8, 4) is 11.1 Å². The van der Waals surface area contributed by atoms with Crippen LogP contribution in [0, 0.1) is 0 Å². The summed E-state index contributed by atoms with van der Waals surface area (Å²) in [7, 11) is 0. The number of thiophene rings is 2. The van der Waals surface area contributed by atoms with Crippen molar-refractivity contribution in [1.82, 2.24) is 0 Å². The second kappa shape index (κ2) is 10.6. The van der Waals surface area contributed by atoms with E-state index in [4.69, 9.17) is 0 Å². The minimum atomic E-state index is 1.20. The van der Waals surface area contributed by atoms with Crippen LogP contribution in [0.15, 0.2) is 133 Å². The molecule has 42 heavy (non-hydrogen) atoms. The summed E-state index contributed by atoms with van der Waals surface area (Å²) >= 11 is 3.72. The molecule has 2 heteroatoms. The maximum atomic E-state index is 2.30. The molecule has 0 aliphatic heterocycles. The first-order valence-electron chi connectivity index (χ1n) is 14.2. The van der Waals surface area contributed by atoms with Gasteiger partial charge in [0.1, 0.15) is 0 Å². The third kappa shape index (κ3) is 4.75. The normalized spacial score (nSPS) is 12.1. The molecule has 8 rings (SSSR count). The van der Waals surface area contributed by atoms with Crippen LogP contribution in [0.3, 0.4) is 0 Å². The molecule has 0 radical (unpaired) electrons. The topological polar surface area (TPSA) is 0 Å².